The summed E-state index contributed by atoms with van der Waals surface area (Å²) >= 11 is 2.11. The first-order valence-electron chi connectivity index (χ1n) is 9.92. The molecule has 0 bridgehead atoms. The SMILES string of the molecule is COc1cc(CSc2nc(CN3CCOCC3)nc3ccccc23)ccc1SC(F)F. The molecule has 9 heteroatoms. The van der Waals surface area contributed by atoms with Gasteiger partial charge in [0, 0.05) is 24.2 Å². The molecule has 1 aliphatic heterocycles. The van der Waals surface area contributed by atoms with Gasteiger partial charge in [-0.1, -0.05) is 36.0 Å². The Hall–Kier alpha value is -1.94. The van der Waals surface area contributed by atoms with Crippen LogP contribution in [0, 0.1) is 0 Å². The van der Waals surface area contributed by atoms with Crippen molar-refractivity contribution in [1.82, 2.24) is 14.9 Å². The average molecular weight is 464 g/mol. The van der Waals surface area contributed by atoms with Crippen molar-refractivity contribution >= 4 is 34.4 Å². The predicted octanol–water partition coefficient (Wildman–Crippen LogP) is 5.08. The minimum Gasteiger partial charge on any atom is -0.496 e. The molecule has 2 heterocycles. The van der Waals surface area contributed by atoms with Gasteiger partial charge in [0.05, 0.1) is 37.3 Å². The first kappa shape index (κ1) is 22.3. The molecule has 2 aromatic carbocycles. The van der Waals surface area contributed by atoms with Gasteiger partial charge in [-0.3, -0.25) is 4.90 Å². The zero-order valence-electron chi connectivity index (χ0n) is 17.1. The van der Waals surface area contributed by atoms with E-state index in [9.17, 15) is 8.78 Å². The summed E-state index contributed by atoms with van der Waals surface area (Å²) in [6.07, 6.45) is 0. The van der Waals surface area contributed by atoms with Crippen molar-refractivity contribution in [3.8, 4) is 5.75 Å². The van der Waals surface area contributed by atoms with Crippen LogP contribution in [0.1, 0.15) is 11.4 Å². The highest BCUT2D eigenvalue weighted by Crippen LogP contribution is 2.36. The topological polar surface area (TPSA) is 47.5 Å². The van der Waals surface area contributed by atoms with Gasteiger partial charge in [-0.15, -0.1) is 11.8 Å². The summed E-state index contributed by atoms with van der Waals surface area (Å²) in [5, 5.41) is 1.92. The van der Waals surface area contributed by atoms with Gasteiger partial charge in [0.1, 0.15) is 16.6 Å². The van der Waals surface area contributed by atoms with Gasteiger partial charge in [0.2, 0.25) is 0 Å². The lowest BCUT2D eigenvalue weighted by Crippen LogP contribution is -2.36. The minimum absolute atomic E-state index is 0.437. The fourth-order valence-corrected chi connectivity index (χ4v) is 4.96. The van der Waals surface area contributed by atoms with Gasteiger partial charge in [-0.2, -0.15) is 8.78 Å². The van der Waals surface area contributed by atoms with E-state index in [1.807, 2.05) is 36.4 Å². The maximum Gasteiger partial charge on any atom is 0.289 e. The summed E-state index contributed by atoms with van der Waals surface area (Å²) in [5.41, 5.74) is 1.91. The molecule has 1 aromatic heterocycles. The molecule has 0 aliphatic carbocycles. The summed E-state index contributed by atoms with van der Waals surface area (Å²) in [7, 11) is 1.50. The van der Waals surface area contributed by atoms with Crippen molar-refractivity contribution in [3.63, 3.8) is 0 Å². The fourth-order valence-electron chi connectivity index (χ4n) is 3.38. The number of halogens is 2. The van der Waals surface area contributed by atoms with Gasteiger partial charge < -0.3 is 9.47 Å². The highest BCUT2D eigenvalue weighted by molar-refractivity contribution is 7.99. The number of methoxy groups -OCH3 is 1. The van der Waals surface area contributed by atoms with Crippen LogP contribution in [0.3, 0.4) is 0 Å². The Bertz CT molecular complexity index is 1030. The highest BCUT2D eigenvalue weighted by atomic mass is 32.2. The van der Waals surface area contributed by atoms with E-state index in [0.29, 0.717) is 34.7 Å². The third-order valence-electron chi connectivity index (χ3n) is 4.90. The predicted molar refractivity (Wildman–Crippen MR) is 120 cm³/mol. The molecular weight excluding hydrogens is 440 g/mol. The summed E-state index contributed by atoms with van der Waals surface area (Å²) in [5.74, 6) is -0.576. The van der Waals surface area contributed by atoms with Crippen molar-refractivity contribution in [1.29, 1.82) is 0 Å². The standard InChI is InChI=1S/C22H23F2N3O2S2/c1-28-18-12-15(6-7-19(18)31-22(23)24)14-30-21-16-4-2-3-5-17(16)25-20(26-21)13-27-8-10-29-11-9-27/h2-7,12,22H,8-11,13-14H2,1H3. The van der Waals surface area contributed by atoms with Crippen LogP contribution in [-0.2, 0) is 17.0 Å². The molecule has 0 saturated carbocycles. The Kier molecular flexibility index (Phi) is 7.60. The van der Waals surface area contributed by atoms with Crippen LogP contribution < -0.4 is 4.74 Å². The highest BCUT2D eigenvalue weighted by Gasteiger charge is 2.16. The second kappa shape index (κ2) is 10.6. The number of alkyl halides is 2. The molecule has 0 amide bonds. The number of hydrogen-bond acceptors (Lipinski definition) is 7. The van der Waals surface area contributed by atoms with Gasteiger partial charge in [-0.05, 0) is 23.8 Å². The van der Waals surface area contributed by atoms with Crippen molar-refractivity contribution in [3.05, 3.63) is 53.9 Å². The summed E-state index contributed by atoms with van der Waals surface area (Å²) in [6.45, 7) is 3.91. The number of nitrogens with zero attached hydrogens (tertiary/aromatic N) is 3. The van der Waals surface area contributed by atoms with Crippen molar-refractivity contribution < 1.29 is 18.3 Å². The van der Waals surface area contributed by atoms with E-state index in [2.05, 4.69) is 4.90 Å². The molecule has 1 saturated heterocycles. The third-order valence-corrected chi connectivity index (χ3v) is 6.73. The van der Waals surface area contributed by atoms with Crippen molar-refractivity contribution in [2.45, 2.75) is 28.0 Å². The average Bonchev–Trinajstić information content (AvgIpc) is 2.78. The fraction of sp³-hybridized carbons (Fsp3) is 0.364. The Morgan fingerprint density at radius 2 is 1.94 bits per heavy atom. The van der Waals surface area contributed by atoms with E-state index in [1.54, 1.807) is 17.8 Å². The zero-order valence-corrected chi connectivity index (χ0v) is 18.7. The van der Waals surface area contributed by atoms with Crippen molar-refractivity contribution in [2.75, 3.05) is 33.4 Å². The maximum atomic E-state index is 12.7. The van der Waals surface area contributed by atoms with E-state index in [0.717, 1.165) is 53.6 Å². The number of benzene rings is 2. The van der Waals surface area contributed by atoms with Gasteiger partial charge in [0.25, 0.3) is 5.76 Å². The number of thioether (sulfide) groups is 2. The van der Waals surface area contributed by atoms with Crippen LogP contribution in [0.2, 0.25) is 0 Å². The number of ether oxygens (including phenoxy) is 2. The molecule has 4 rings (SSSR count). The lowest BCUT2D eigenvalue weighted by atomic mass is 10.2. The number of fused-ring (bicyclic) bond motifs is 1. The van der Waals surface area contributed by atoms with Gasteiger partial charge in [-0.25, -0.2) is 9.97 Å². The molecule has 1 fully saturated rings. The van der Waals surface area contributed by atoms with E-state index in [1.165, 1.54) is 7.11 Å². The molecular formula is C22H23F2N3O2S2. The minimum atomic E-state index is -2.48. The zero-order chi connectivity index (χ0) is 21.6. The van der Waals surface area contributed by atoms with E-state index in [4.69, 9.17) is 19.4 Å². The quantitative estimate of drug-likeness (QED) is 0.341. The van der Waals surface area contributed by atoms with Crippen LogP contribution >= 0.6 is 23.5 Å². The lowest BCUT2D eigenvalue weighted by molar-refractivity contribution is 0.0330. The first-order valence-corrected chi connectivity index (χ1v) is 11.8. The third kappa shape index (κ3) is 5.85. The summed E-state index contributed by atoms with van der Waals surface area (Å²) in [4.78, 5) is 12.3. The normalized spacial score (nSPS) is 15.0. The maximum absolute atomic E-state index is 12.7. The molecule has 0 spiro atoms. The molecule has 31 heavy (non-hydrogen) atoms. The number of rotatable bonds is 8. The van der Waals surface area contributed by atoms with Crippen LogP contribution in [0.25, 0.3) is 10.9 Å². The molecule has 1 aliphatic rings. The molecule has 0 unspecified atom stereocenters. The van der Waals surface area contributed by atoms with E-state index in [-0.39, 0.29) is 0 Å². The van der Waals surface area contributed by atoms with E-state index >= 15 is 0 Å². The van der Waals surface area contributed by atoms with Gasteiger partial charge in [0.15, 0.2) is 0 Å². The number of para-hydroxylation sites is 1. The molecule has 0 radical (unpaired) electrons. The lowest BCUT2D eigenvalue weighted by Gasteiger charge is -2.25. The molecule has 3 aromatic rings. The van der Waals surface area contributed by atoms with Crippen LogP contribution in [0.15, 0.2) is 52.4 Å². The molecule has 0 atom stereocenters. The van der Waals surface area contributed by atoms with E-state index < -0.39 is 5.76 Å². The Morgan fingerprint density at radius 3 is 2.71 bits per heavy atom. The van der Waals surface area contributed by atoms with Crippen LogP contribution in [0.4, 0.5) is 8.78 Å². The molecule has 164 valence electrons. The molecule has 5 nitrogen and oxygen atoms in total. The number of aromatic nitrogens is 2. The Morgan fingerprint density at radius 1 is 1.13 bits per heavy atom. The smallest absolute Gasteiger partial charge is 0.289 e. The second-order valence-corrected chi connectivity index (χ2v) is 9.00. The summed E-state index contributed by atoms with van der Waals surface area (Å²) < 4.78 is 36.2. The largest absolute Gasteiger partial charge is 0.496 e. The number of morpholine rings is 1. The van der Waals surface area contributed by atoms with Gasteiger partial charge >= 0.3 is 0 Å². The molecule has 0 N–H and O–H groups in total. The van der Waals surface area contributed by atoms with Crippen LogP contribution in [-0.4, -0.2) is 54.0 Å². The summed E-state index contributed by atoms with van der Waals surface area (Å²) in [6, 6.07) is 13.4. The monoisotopic (exact) mass is 463 g/mol. The first-order chi connectivity index (χ1) is 15.1. The second-order valence-electron chi connectivity index (χ2n) is 7.00. The van der Waals surface area contributed by atoms with Crippen LogP contribution in [0.5, 0.6) is 5.75 Å². The Labute approximate surface area is 188 Å². The Balaban J connectivity index is 1.54. The number of hydrogen-bond donors (Lipinski definition) is 0. The van der Waals surface area contributed by atoms with Crippen molar-refractivity contribution in [2.24, 2.45) is 0 Å².